The third-order valence-electron chi connectivity index (χ3n) is 10.1. The zero-order chi connectivity index (χ0) is 32.8. The van der Waals surface area contributed by atoms with Crippen LogP contribution in [0, 0.1) is 0 Å². The van der Waals surface area contributed by atoms with Gasteiger partial charge in [-0.05, 0) is 40.1 Å². The fourth-order valence-corrected chi connectivity index (χ4v) is 7.81. The van der Waals surface area contributed by atoms with Gasteiger partial charge in [0.25, 0.3) is 0 Å². The monoisotopic (exact) mass is 638 g/mol. The fourth-order valence-electron chi connectivity index (χ4n) is 7.81. The van der Waals surface area contributed by atoms with Crippen LogP contribution < -0.4 is 0 Å². The van der Waals surface area contributed by atoms with Crippen LogP contribution in [0.4, 0.5) is 0 Å². The van der Waals surface area contributed by atoms with Crippen LogP contribution in [0.15, 0.2) is 167 Å². The third kappa shape index (κ3) is 3.87. The molecule has 8 aromatic carbocycles. The predicted molar refractivity (Wildman–Crippen MR) is 205 cm³/mol. The van der Waals surface area contributed by atoms with Crippen LogP contribution in [0.25, 0.3) is 110 Å². The van der Waals surface area contributed by atoms with Crippen molar-refractivity contribution in [3.05, 3.63) is 158 Å². The van der Waals surface area contributed by atoms with Gasteiger partial charge in [-0.3, -0.25) is 4.98 Å². The van der Waals surface area contributed by atoms with Crippen LogP contribution in [0.5, 0.6) is 0 Å². The van der Waals surface area contributed by atoms with Crippen LogP contribution in [0.3, 0.4) is 0 Å². The molecule has 3 heterocycles. The Morgan fingerprint density at radius 1 is 0.380 bits per heavy atom. The second kappa shape index (κ2) is 10.4. The Kier molecular flexibility index (Phi) is 5.63. The maximum atomic E-state index is 6.91. The van der Waals surface area contributed by atoms with E-state index in [0.717, 1.165) is 99.2 Å². The van der Waals surface area contributed by atoms with Crippen LogP contribution >= 0.6 is 0 Å². The molecule has 50 heavy (non-hydrogen) atoms. The number of hydrogen-bond donors (Lipinski definition) is 0. The van der Waals surface area contributed by atoms with Crippen molar-refractivity contribution in [2.75, 3.05) is 0 Å². The minimum atomic E-state index is 0.829. The number of rotatable bonds is 3. The van der Waals surface area contributed by atoms with Gasteiger partial charge in [-0.2, -0.15) is 0 Å². The van der Waals surface area contributed by atoms with Gasteiger partial charge in [-0.1, -0.05) is 133 Å². The minimum Gasteiger partial charge on any atom is -0.455 e. The number of benzene rings is 8. The van der Waals surface area contributed by atoms with Crippen LogP contribution in [-0.2, 0) is 0 Å². The van der Waals surface area contributed by atoms with E-state index in [1.54, 1.807) is 0 Å². The van der Waals surface area contributed by atoms with Gasteiger partial charge in [0.2, 0.25) is 0 Å². The van der Waals surface area contributed by atoms with E-state index in [1.165, 1.54) is 10.8 Å². The van der Waals surface area contributed by atoms with Crippen molar-refractivity contribution < 1.29 is 8.83 Å². The molecule has 0 saturated heterocycles. The quantitative estimate of drug-likeness (QED) is 0.181. The maximum absolute atomic E-state index is 6.91. The van der Waals surface area contributed by atoms with Gasteiger partial charge in [-0.15, -0.1) is 0 Å². The number of furan rings is 2. The molecule has 4 nitrogen and oxygen atoms in total. The van der Waals surface area contributed by atoms with Crippen LogP contribution in [-0.4, -0.2) is 9.97 Å². The standard InChI is InChI=1S/C46H26N2O2/c1-2-12-27(13-3-1)37-25-38-35-22-11-21-30(44(35)50-46(38)41-36-20-8-9-23-40(36)49-45(37)41)28-14-10-15-29(24-28)39-26-47-42-33-18-6-4-16-31(33)32-17-5-7-19-34(32)43(42)48-39/h1-26H. The van der Waals surface area contributed by atoms with Crippen LogP contribution in [0.1, 0.15) is 0 Å². The lowest BCUT2D eigenvalue weighted by atomic mass is 9.97. The van der Waals surface area contributed by atoms with Crippen molar-refractivity contribution in [2.45, 2.75) is 0 Å². The van der Waals surface area contributed by atoms with E-state index in [2.05, 4.69) is 133 Å². The van der Waals surface area contributed by atoms with Gasteiger partial charge in [-0.25, -0.2) is 4.98 Å². The molecule has 11 aromatic rings. The summed E-state index contributed by atoms with van der Waals surface area (Å²) >= 11 is 0. The summed E-state index contributed by atoms with van der Waals surface area (Å²) in [7, 11) is 0. The molecule has 0 fully saturated rings. The molecule has 0 bridgehead atoms. The second-order valence-electron chi connectivity index (χ2n) is 12.9. The van der Waals surface area contributed by atoms with E-state index < -0.39 is 0 Å². The Morgan fingerprint density at radius 3 is 1.84 bits per heavy atom. The normalized spacial score (nSPS) is 12.0. The summed E-state index contributed by atoms with van der Waals surface area (Å²) in [4.78, 5) is 10.3. The van der Waals surface area contributed by atoms with Gasteiger partial charge < -0.3 is 8.83 Å². The number of nitrogens with zero attached hydrogens (tertiary/aromatic N) is 2. The summed E-state index contributed by atoms with van der Waals surface area (Å²) in [5, 5.41) is 8.76. The summed E-state index contributed by atoms with van der Waals surface area (Å²) < 4.78 is 13.4. The Bertz CT molecular complexity index is 3120. The van der Waals surface area contributed by atoms with Gasteiger partial charge in [0, 0.05) is 43.6 Å². The molecule has 0 unspecified atom stereocenters. The molecule has 0 spiro atoms. The molecule has 0 atom stereocenters. The van der Waals surface area contributed by atoms with Crippen molar-refractivity contribution in [2.24, 2.45) is 0 Å². The van der Waals surface area contributed by atoms with Crippen LogP contribution in [0.2, 0.25) is 0 Å². The molecule has 0 aliphatic carbocycles. The molecule has 0 saturated carbocycles. The highest BCUT2D eigenvalue weighted by Crippen LogP contribution is 2.46. The number of para-hydroxylation sites is 2. The second-order valence-corrected chi connectivity index (χ2v) is 12.9. The van der Waals surface area contributed by atoms with Crippen molar-refractivity contribution in [1.29, 1.82) is 0 Å². The van der Waals surface area contributed by atoms with E-state index in [4.69, 9.17) is 18.8 Å². The molecule has 3 aromatic heterocycles. The van der Waals surface area contributed by atoms with E-state index in [1.807, 2.05) is 24.4 Å². The molecule has 0 aliphatic heterocycles. The topological polar surface area (TPSA) is 52.1 Å². The van der Waals surface area contributed by atoms with Crippen molar-refractivity contribution >= 4 is 76.5 Å². The lowest BCUT2D eigenvalue weighted by Gasteiger charge is -2.11. The average molecular weight is 639 g/mol. The summed E-state index contributed by atoms with van der Waals surface area (Å²) in [5.74, 6) is 0. The molecule has 0 aliphatic rings. The van der Waals surface area contributed by atoms with Crippen molar-refractivity contribution in [1.82, 2.24) is 9.97 Å². The summed E-state index contributed by atoms with van der Waals surface area (Å²) in [6.07, 6.45) is 1.90. The Morgan fingerprint density at radius 2 is 1.02 bits per heavy atom. The molecule has 0 radical (unpaired) electrons. The number of hydrogen-bond acceptors (Lipinski definition) is 4. The van der Waals surface area contributed by atoms with E-state index in [-0.39, 0.29) is 0 Å². The van der Waals surface area contributed by atoms with Crippen molar-refractivity contribution in [3.63, 3.8) is 0 Å². The van der Waals surface area contributed by atoms with Gasteiger partial charge >= 0.3 is 0 Å². The van der Waals surface area contributed by atoms with Gasteiger partial charge in [0.1, 0.15) is 22.3 Å². The Hall–Kier alpha value is -6.78. The largest absolute Gasteiger partial charge is 0.455 e. The third-order valence-corrected chi connectivity index (χ3v) is 10.1. The Labute approximate surface area is 285 Å². The zero-order valence-electron chi connectivity index (χ0n) is 26.7. The number of fused-ring (bicyclic) bond motifs is 13. The van der Waals surface area contributed by atoms with Gasteiger partial charge in [0.05, 0.1) is 28.3 Å². The predicted octanol–water partition coefficient (Wildman–Crippen LogP) is 12.7. The minimum absolute atomic E-state index is 0.829. The molecule has 0 N–H and O–H groups in total. The number of aromatic nitrogens is 2. The highest BCUT2D eigenvalue weighted by molar-refractivity contribution is 6.26. The highest BCUT2D eigenvalue weighted by Gasteiger charge is 2.22. The first-order valence-electron chi connectivity index (χ1n) is 16.8. The SMILES string of the molecule is c1ccc(-c2cc3c4cccc(-c5cccc(-c6cnc7c8ccccc8c8ccccc8c7n6)c5)c4oc3c3c2oc2ccccc23)cc1. The zero-order valence-corrected chi connectivity index (χ0v) is 26.7. The molecule has 232 valence electrons. The molecular formula is C46H26N2O2. The van der Waals surface area contributed by atoms with E-state index >= 15 is 0 Å². The van der Waals surface area contributed by atoms with E-state index in [9.17, 15) is 0 Å². The summed E-state index contributed by atoms with van der Waals surface area (Å²) in [6.45, 7) is 0. The summed E-state index contributed by atoms with van der Waals surface area (Å²) in [5.41, 5.74) is 11.2. The smallest absolute Gasteiger partial charge is 0.147 e. The first-order chi connectivity index (χ1) is 24.8. The lowest BCUT2D eigenvalue weighted by molar-refractivity contribution is 0.664. The molecular weight excluding hydrogens is 613 g/mol. The molecule has 11 rings (SSSR count). The average Bonchev–Trinajstić information content (AvgIpc) is 3.77. The first-order valence-corrected chi connectivity index (χ1v) is 16.8. The van der Waals surface area contributed by atoms with Crippen molar-refractivity contribution in [3.8, 4) is 33.5 Å². The highest BCUT2D eigenvalue weighted by atomic mass is 16.3. The lowest BCUT2D eigenvalue weighted by Crippen LogP contribution is -1.92. The Balaban J connectivity index is 1.13. The fraction of sp³-hybridized carbons (Fsp3) is 0. The van der Waals surface area contributed by atoms with Gasteiger partial charge in [0.15, 0.2) is 0 Å². The van der Waals surface area contributed by atoms with E-state index in [0.29, 0.717) is 0 Å². The maximum Gasteiger partial charge on any atom is 0.147 e. The molecule has 0 amide bonds. The summed E-state index contributed by atoms with van der Waals surface area (Å²) in [6, 6.07) is 52.7. The first kappa shape index (κ1) is 27.2. The molecule has 4 heteroatoms.